The molecule has 1 fully saturated rings. The van der Waals surface area contributed by atoms with Gasteiger partial charge >= 0.3 is 0 Å². The molecule has 0 aromatic heterocycles. The first kappa shape index (κ1) is 21.3. The molecule has 5 rings (SSSR count). The Hall–Kier alpha value is -3.52. The van der Waals surface area contributed by atoms with Crippen molar-refractivity contribution in [3.8, 4) is 0 Å². The molecule has 2 heterocycles. The SMILES string of the molecule is Cc1cc(C)c(C2CN(/C=C3/C=CC=CN3)[C@H](c3ccccc3)[C@H]2c2ccccc2)c(C)c1. The Kier molecular flexibility index (Phi) is 5.92. The highest BCUT2D eigenvalue weighted by Crippen LogP contribution is 2.52. The van der Waals surface area contributed by atoms with E-state index in [0.29, 0.717) is 11.8 Å². The number of aryl methyl sites for hydroxylation is 3. The summed E-state index contributed by atoms with van der Waals surface area (Å²) < 4.78 is 0. The van der Waals surface area contributed by atoms with Crippen LogP contribution in [0.25, 0.3) is 0 Å². The molecule has 0 spiro atoms. The van der Waals surface area contributed by atoms with Gasteiger partial charge in [-0.05, 0) is 60.7 Å². The third-order valence-corrected chi connectivity index (χ3v) is 7.01. The van der Waals surface area contributed by atoms with Crippen molar-refractivity contribution < 1.29 is 0 Å². The molecule has 1 unspecified atom stereocenters. The molecule has 2 nitrogen and oxygen atoms in total. The molecule has 0 saturated carbocycles. The van der Waals surface area contributed by atoms with Gasteiger partial charge in [0, 0.05) is 30.8 Å². The maximum Gasteiger partial charge on any atom is 0.0613 e. The van der Waals surface area contributed by atoms with Crippen molar-refractivity contribution >= 4 is 0 Å². The zero-order valence-electron chi connectivity index (χ0n) is 19.7. The van der Waals surface area contributed by atoms with Crippen LogP contribution in [-0.4, -0.2) is 11.4 Å². The first-order chi connectivity index (χ1) is 16.1. The molecule has 0 radical (unpaired) electrons. The third kappa shape index (κ3) is 4.26. The Morgan fingerprint density at radius 1 is 0.818 bits per heavy atom. The molecule has 1 saturated heterocycles. The van der Waals surface area contributed by atoms with Gasteiger partial charge in [-0.1, -0.05) is 84.4 Å². The van der Waals surface area contributed by atoms with Crippen LogP contribution in [0.5, 0.6) is 0 Å². The number of hydrogen-bond acceptors (Lipinski definition) is 2. The van der Waals surface area contributed by atoms with Crippen LogP contribution >= 0.6 is 0 Å². The highest BCUT2D eigenvalue weighted by atomic mass is 15.2. The summed E-state index contributed by atoms with van der Waals surface area (Å²) in [6.45, 7) is 7.75. The lowest BCUT2D eigenvalue weighted by molar-refractivity contribution is 0.339. The van der Waals surface area contributed by atoms with Crippen molar-refractivity contribution in [3.63, 3.8) is 0 Å². The van der Waals surface area contributed by atoms with E-state index in [1.807, 2.05) is 12.3 Å². The molecule has 33 heavy (non-hydrogen) atoms. The number of dihydropyridines is 1. The first-order valence-corrected chi connectivity index (χ1v) is 11.9. The van der Waals surface area contributed by atoms with E-state index in [-0.39, 0.29) is 6.04 Å². The Labute approximate surface area is 198 Å². The number of likely N-dealkylation sites (tertiary alicyclic amines) is 1. The highest BCUT2D eigenvalue weighted by Gasteiger charge is 2.44. The molecule has 2 aliphatic rings. The lowest BCUT2D eigenvalue weighted by Gasteiger charge is -2.30. The molecule has 1 N–H and O–H groups in total. The summed E-state index contributed by atoms with van der Waals surface area (Å²) in [5.41, 5.74) is 9.54. The molecule has 0 amide bonds. The summed E-state index contributed by atoms with van der Waals surface area (Å²) in [5.74, 6) is 0.756. The van der Waals surface area contributed by atoms with Gasteiger partial charge in [0.05, 0.1) is 11.7 Å². The van der Waals surface area contributed by atoms with Gasteiger partial charge in [-0.3, -0.25) is 0 Å². The van der Waals surface area contributed by atoms with E-state index in [0.717, 1.165) is 12.2 Å². The fraction of sp³-hybridized carbons (Fsp3) is 0.226. The number of hydrogen-bond donors (Lipinski definition) is 1. The lowest BCUT2D eigenvalue weighted by Crippen LogP contribution is -2.22. The Morgan fingerprint density at radius 3 is 2.06 bits per heavy atom. The fourth-order valence-corrected chi connectivity index (χ4v) is 5.87. The van der Waals surface area contributed by atoms with Gasteiger partial charge in [-0.2, -0.15) is 0 Å². The molecule has 166 valence electrons. The molecular formula is C31H32N2. The second kappa shape index (κ2) is 9.15. The van der Waals surface area contributed by atoms with Crippen LogP contribution in [0.15, 0.2) is 109 Å². The number of nitrogens with one attached hydrogen (secondary N) is 1. The number of rotatable bonds is 4. The predicted octanol–water partition coefficient (Wildman–Crippen LogP) is 7.05. The van der Waals surface area contributed by atoms with Crippen LogP contribution in [-0.2, 0) is 0 Å². The van der Waals surface area contributed by atoms with Crippen LogP contribution < -0.4 is 5.32 Å². The smallest absolute Gasteiger partial charge is 0.0613 e. The van der Waals surface area contributed by atoms with Crippen LogP contribution in [0.2, 0.25) is 0 Å². The predicted molar refractivity (Wildman–Crippen MR) is 138 cm³/mol. The van der Waals surface area contributed by atoms with Gasteiger partial charge in [0.25, 0.3) is 0 Å². The van der Waals surface area contributed by atoms with Crippen molar-refractivity contribution in [2.45, 2.75) is 38.6 Å². The second-order valence-electron chi connectivity index (χ2n) is 9.35. The van der Waals surface area contributed by atoms with Gasteiger partial charge < -0.3 is 10.2 Å². The average Bonchev–Trinajstić information content (AvgIpc) is 3.18. The quantitative estimate of drug-likeness (QED) is 0.475. The zero-order chi connectivity index (χ0) is 22.8. The zero-order valence-corrected chi connectivity index (χ0v) is 19.7. The standard InChI is InChI=1S/C31H32N2/c1-22-18-23(2)29(24(3)19-22)28-21-33(20-27-16-10-11-17-32-27)31(26-14-8-5-9-15-26)30(28)25-12-6-4-7-13-25/h4-20,28,30-32H,21H2,1-3H3/b27-20-/t28?,30-,31+/m0/s1. The highest BCUT2D eigenvalue weighted by molar-refractivity contribution is 5.46. The molecule has 0 aliphatic carbocycles. The molecule has 3 aromatic carbocycles. The number of nitrogens with zero attached hydrogens (tertiary/aromatic N) is 1. The lowest BCUT2D eigenvalue weighted by atomic mass is 9.76. The second-order valence-corrected chi connectivity index (χ2v) is 9.35. The topological polar surface area (TPSA) is 15.3 Å². The molecule has 2 aliphatic heterocycles. The van der Waals surface area contributed by atoms with Crippen molar-refractivity contribution in [2.75, 3.05) is 6.54 Å². The molecular weight excluding hydrogens is 400 g/mol. The van der Waals surface area contributed by atoms with Crippen molar-refractivity contribution in [1.82, 2.24) is 10.2 Å². The van der Waals surface area contributed by atoms with E-state index in [2.05, 4.69) is 122 Å². The monoisotopic (exact) mass is 432 g/mol. The average molecular weight is 433 g/mol. The van der Waals surface area contributed by atoms with E-state index in [9.17, 15) is 0 Å². The summed E-state index contributed by atoms with van der Waals surface area (Å²) in [6, 6.07) is 27.1. The van der Waals surface area contributed by atoms with Gasteiger partial charge in [-0.25, -0.2) is 0 Å². The van der Waals surface area contributed by atoms with Gasteiger partial charge in [0.15, 0.2) is 0 Å². The van der Waals surface area contributed by atoms with Crippen LogP contribution in [0, 0.1) is 20.8 Å². The first-order valence-electron chi connectivity index (χ1n) is 11.9. The largest absolute Gasteiger partial charge is 0.367 e. The molecule has 3 aromatic rings. The minimum absolute atomic E-state index is 0.257. The number of benzene rings is 3. The summed E-state index contributed by atoms with van der Waals surface area (Å²) in [4.78, 5) is 2.56. The van der Waals surface area contributed by atoms with Crippen molar-refractivity contribution in [2.24, 2.45) is 0 Å². The fourth-order valence-electron chi connectivity index (χ4n) is 5.87. The van der Waals surface area contributed by atoms with Crippen LogP contribution in [0.1, 0.15) is 51.3 Å². The van der Waals surface area contributed by atoms with E-state index in [1.165, 1.54) is 33.4 Å². The van der Waals surface area contributed by atoms with Crippen molar-refractivity contribution in [1.29, 1.82) is 0 Å². The maximum atomic E-state index is 3.41. The molecule has 0 bridgehead atoms. The van der Waals surface area contributed by atoms with E-state index >= 15 is 0 Å². The van der Waals surface area contributed by atoms with E-state index in [4.69, 9.17) is 0 Å². The summed E-state index contributed by atoms with van der Waals surface area (Å²) in [7, 11) is 0. The Morgan fingerprint density at radius 2 is 1.45 bits per heavy atom. The van der Waals surface area contributed by atoms with Gasteiger partial charge in [0.2, 0.25) is 0 Å². The van der Waals surface area contributed by atoms with Crippen molar-refractivity contribution in [3.05, 3.63) is 143 Å². The third-order valence-electron chi connectivity index (χ3n) is 7.01. The maximum absolute atomic E-state index is 3.41. The summed E-state index contributed by atoms with van der Waals surface area (Å²) >= 11 is 0. The Balaban J connectivity index is 1.69. The van der Waals surface area contributed by atoms with Gasteiger partial charge in [0.1, 0.15) is 0 Å². The number of allylic oxidation sites excluding steroid dienone is 3. The van der Waals surface area contributed by atoms with E-state index in [1.54, 1.807) is 0 Å². The van der Waals surface area contributed by atoms with Crippen LogP contribution in [0.4, 0.5) is 0 Å². The summed E-state index contributed by atoms with van der Waals surface area (Å²) in [5, 5.41) is 3.41. The minimum Gasteiger partial charge on any atom is -0.367 e. The molecule has 2 heteroatoms. The minimum atomic E-state index is 0.257. The summed E-state index contributed by atoms with van der Waals surface area (Å²) in [6.07, 6.45) is 10.6. The van der Waals surface area contributed by atoms with Crippen LogP contribution in [0.3, 0.4) is 0 Å². The normalized spacial score (nSPS) is 23.2. The molecule has 3 atom stereocenters. The van der Waals surface area contributed by atoms with Gasteiger partial charge in [-0.15, -0.1) is 0 Å². The Bertz CT molecular complexity index is 1180. The van der Waals surface area contributed by atoms with E-state index < -0.39 is 0 Å².